The molecule has 27 heavy (non-hydrogen) atoms. The highest BCUT2D eigenvalue weighted by molar-refractivity contribution is 8.02. The summed E-state index contributed by atoms with van der Waals surface area (Å²) in [6.45, 7) is 4.02. The summed E-state index contributed by atoms with van der Waals surface area (Å²) in [4.78, 5) is 19.6. The predicted octanol–water partition coefficient (Wildman–Crippen LogP) is 5.41. The quantitative estimate of drug-likeness (QED) is 0.551. The number of thiazole rings is 1. The highest BCUT2D eigenvalue weighted by Crippen LogP contribution is 2.36. The normalized spacial score (nSPS) is 17.0. The van der Waals surface area contributed by atoms with E-state index in [-0.39, 0.29) is 23.0 Å². The lowest BCUT2D eigenvalue weighted by Crippen LogP contribution is -2.40. The van der Waals surface area contributed by atoms with Crippen LogP contribution in [-0.2, 0) is 11.2 Å². The summed E-state index contributed by atoms with van der Waals surface area (Å²) >= 11 is 2.99. The smallest absolute Gasteiger partial charge is 0.240 e. The molecule has 4 rings (SSSR count). The van der Waals surface area contributed by atoms with Crippen LogP contribution < -0.4 is 4.90 Å². The molecular formula is C21H19FN2OS2. The maximum atomic E-state index is 13.1. The lowest BCUT2D eigenvalue weighted by Gasteiger charge is -2.25. The van der Waals surface area contributed by atoms with E-state index in [4.69, 9.17) is 0 Å². The Balaban J connectivity index is 1.49. The molecule has 2 atom stereocenters. The van der Waals surface area contributed by atoms with Crippen molar-refractivity contribution in [2.75, 3.05) is 4.90 Å². The number of hydrogen-bond donors (Lipinski definition) is 0. The number of benzene rings is 2. The van der Waals surface area contributed by atoms with Crippen LogP contribution in [0, 0.1) is 5.82 Å². The second-order valence-electron chi connectivity index (χ2n) is 6.66. The van der Waals surface area contributed by atoms with Crippen LogP contribution in [0.5, 0.6) is 0 Å². The zero-order valence-corrected chi connectivity index (χ0v) is 16.7. The molecule has 3 nitrogen and oxygen atoms in total. The molecule has 0 spiro atoms. The van der Waals surface area contributed by atoms with E-state index in [0.717, 1.165) is 27.7 Å². The summed E-state index contributed by atoms with van der Waals surface area (Å²) in [6, 6.07) is 14.6. The van der Waals surface area contributed by atoms with Gasteiger partial charge in [0.2, 0.25) is 5.91 Å². The van der Waals surface area contributed by atoms with Crippen molar-refractivity contribution in [1.29, 1.82) is 0 Å². The van der Waals surface area contributed by atoms with Crippen LogP contribution in [0.2, 0.25) is 0 Å². The van der Waals surface area contributed by atoms with Crippen LogP contribution in [0.15, 0.2) is 58.3 Å². The fourth-order valence-electron chi connectivity index (χ4n) is 3.36. The summed E-state index contributed by atoms with van der Waals surface area (Å²) in [6.07, 6.45) is 0.894. The fourth-order valence-corrected chi connectivity index (χ4v) is 5.38. The van der Waals surface area contributed by atoms with E-state index >= 15 is 0 Å². The van der Waals surface area contributed by atoms with Gasteiger partial charge in [0.25, 0.3) is 0 Å². The zero-order valence-electron chi connectivity index (χ0n) is 15.1. The van der Waals surface area contributed by atoms with E-state index in [1.807, 2.05) is 35.4 Å². The average Bonchev–Trinajstić information content (AvgIpc) is 3.25. The van der Waals surface area contributed by atoms with E-state index in [9.17, 15) is 9.18 Å². The van der Waals surface area contributed by atoms with Crippen molar-refractivity contribution >= 4 is 34.7 Å². The van der Waals surface area contributed by atoms with Gasteiger partial charge in [-0.1, -0.05) is 30.0 Å². The molecule has 6 heteroatoms. The first-order valence-electron chi connectivity index (χ1n) is 8.82. The molecule has 2 heterocycles. The molecule has 0 saturated heterocycles. The van der Waals surface area contributed by atoms with Crippen LogP contribution in [0.1, 0.15) is 19.4 Å². The van der Waals surface area contributed by atoms with Gasteiger partial charge in [-0.3, -0.25) is 4.79 Å². The molecule has 138 valence electrons. The molecule has 0 radical (unpaired) electrons. The minimum atomic E-state index is -0.261. The van der Waals surface area contributed by atoms with Crippen molar-refractivity contribution in [2.45, 2.75) is 35.9 Å². The first-order valence-corrected chi connectivity index (χ1v) is 10.6. The Bertz CT molecular complexity index is 970. The standard InChI is InChI=1S/C21H19FN2OS2/c1-13-11-16-5-3-4-6-19(16)24(13)20(25)14(2)27-21-23-18(12-26-21)15-7-9-17(22)10-8-15/h3-10,12-14H,11H2,1-2H3/t13-,14-/m1/s1. The third-order valence-corrected chi connectivity index (χ3v) is 6.75. The van der Waals surface area contributed by atoms with Gasteiger partial charge in [0.05, 0.1) is 10.9 Å². The Labute approximate surface area is 166 Å². The van der Waals surface area contributed by atoms with Gasteiger partial charge < -0.3 is 4.90 Å². The predicted molar refractivity (Wildman–Crippen MR) is 110 cm³/mol. The number of hydrogen-bond acceptors (Lipinski definition) is 4. The topological polar surface area (TPSA) is 33.2 Å². The second kappa shape index (κ2) is 7.44. The first kappa shape index (κ1) is 18.2. The number of para-hydroxylation sites is 1. The minimum Gasteiger partial charge on any atom is -0.308 e. The number of rotatable bonds is 4. The van der Waals surface area contributed by atoms with Gasteiger partial charge in [-0.05, 0) is 56.2 Å². The molecule has 1 aromatic heterocycles. The number of carbonyl (C=O) groups excluding carboxylic acids is 1. The van der Waals surface area contributed by atoms with Gasteiger partial charge in [-0.2, -0.15) is 0 Å². The van der Waals surface area contributed by atoms with Crippen LogP contribution in [0.3, 0.4) is 0 Å². The monoisotopic (exact) mass is 398 g/mol. The lowest BCUT2D eigenvalue weighted by molar-refractivity contribution is -0.118. The molecule has 0 saturated carbocycles. The van der Waals surface area contributed by atoms with Crippen molar-refractivity contribution in [3.05, 3.63) is 65.3 Å². The van der Waals surface area contributed by atoms with Crippen molar-refractivity contribution in [2.24, 2.45) is 0 Å². The molecule has 2 aromatic carbocycles. The van der Waals surface area contributed by atoms with Gasteiger partial charge in [0, 0.05) is 22.7 Å². The summed E-state index contributed by atoms with van der Waals surface area (Å²) < 4.78 is 13.9. The van der Waals surface area contributed by atoms with E-state index in [1.54, 1.807) is 12.1 Å². The Morgan fingerprint density at radius 2 is 2.00 bits per heavy atom. The van der Waals surface area contributed by atoms with Crippen molar-refractivity contribution in [3.63, 3.8) is 0 Å². The van der Waals surface area contributed by atoms with E-state index in [0.29, 0.717) is 0 Å². The summed E-state index contributed by atoms with van der Waals surface area (Å²) in [7, 11) is 0. The highest BCUT2D eigenvalue weighted by Gasteiger charge is 2.33. The Morgan fingerprint density at radius 3 is 2.78 bits per heavy atom. The maximum absolute atomic E-state index is 13.1. The van der Waals surface area contributed by atoms with Crippen LogP contribution in [0.25, 0.3) is 11.3 Å². The molecule has 0 N–H and O–H groups in total. The molecule has 0 aliphatic carbocycles. The Kier molecular flexibility index (Phi) is 5.02. The minimum absolute atomic E-state index is 0.107. The molecular weight excluding hydrogens is 379 g/mol. The number of fused-ring (bicyclic) bond motifs is 1. The fraction of sp³-hybridized carbons (Fsp3) is 0.238. The van der Waals surface area contributed by atoms with Gasteiger partial charge in [-0.15, -0.1) is 11.3 Å². The van der Waals surface area contributed by atoms with Gasteiger partial charge >= 0.3 is 0 Å². The Hall–Kier alpha value is -2.18. The molecule has 1 aliphatic rings. The lowest BCUT2D eigenvalue weighted by atomic mass is 10.1. The van der Waals surface area contributed by atoms with Crippen LogP contribution >= 0.6 is 23.1 Å². The molecule has 0 bridgehead atoms. The molecule has 1 aliphatic heterocycles. The largest absolute Gasteiger partial charge is 0.308 e. The molecule has 1 amide bonds. The van der Waals surface area contributed by atoms with Crippen LogP contribution in [0.4, 0.5) is 10.1 Å². The SMILES string of the molecule is C[C@@H]1Cc2ccccc2N1C(=O)[C@@H](C)Sc1nc(-c2ccc(F)cc2)cs1. The van der Waals surface area contributed by atoms with Crippen molar-refractivity contribution in [1.82, 2.24) is 4.98 Å². The number of carbonyl (C=O) groups is 1. The molecule has 0 fully saturated rings. The third kappa shape index (κ3) is 3.64. The zero-order chi connectivity index (χ0) is 19.0. The second-order valence-corrected chi connectivity index (χ2v) is 9.10. The third-order valence-electron chi connectivity index (χ3n) is 4.69. The van der Waals surface area contributed by atoms with Crippen LogP contribution in [-0.4, -0.2) is 22.2 Å². The summed E-state index contributed by atoms with van der Waals surface area (Å²) in [5.74, 6) is -0.154. The number of amides is 1. The number of thioether (sulfide) groups is 1. The highest BCUT2D eigenvalue weighted by atomic mass is 32.2. The number of anilines is 1. The van der Waals surface area contributed by atoms with Gasteiger partial charge in [-0.25, -0.2) is 9.37 Å². The summed E-state index contributed by atoms with van der Waals surface area (Å²) in [5, 5.41) is 1.71. The average molecular weight is 399 g/mol. The van der Waals surface area contributed by atoms with Gasteiger partial charge in [0.1, 0.15) is 5.82 Å². The maximum Gasteiger partial charge on any atom is 0.240 e. The number of halogens is 1. The number of nitrogens with zero attached hydrogens (tertiary/aromatic N) is 2. The Morgan fingerprint density at radius 1 is 1.26 bits per heavy atom. The first-order chi connectivity index (χ1) is 13.0. The molecule has 3 aromatic rings. The molecule has 0 unspecified atom stereocenters. The van der Waals surface area contributed by atoms with E-state index < -0.39 is 0 Å². The van der Waals surface area contributed by atoms with Gasteiger partial charge in [0.15, 0.2) is 4.34 Å². The summed E-state index contributed by atoms with van der Waals surface area (Å²) in [5.41, 5.74) is 3.93. The number of aromatic nitrogens is 1. The van der Waals surface area contributed by atoms with E-state index in [2.05, 4.69) is 18.0 Å². The van der Waals surface area contributed by atoms with Crippen molar-refractivity contribution < 1.29 is 9.18 Å². The van der Waals surface area contributed by atoms with E-state index in [1.165, 1.54) is 40.8 Å². The van der Waals surface area contributed by atoms with Crippen molar-refractivity contribution in [3.8, 4) is 11.3 Å².